The molecule has 1 atom stereocenters. The number of nitrogens with two attached hydrogens (primary N) is 1. The third-order valence-electron chi connectivity index (χ3n) is 2.60. The third kappa shape index (κ3) is 2.67. The third-order valence-corrected chi connectivity index (χ3v) is 2.60. The quantitative estimate of drug-likeness (QED) is 0.612. The highest BCUT2D eigenvalue weighted by atomic mass is 16.5. The van der Waals surface area contributed by atoms with Gasteiger partial charge in [-0.25, -0.2) is 0 Å². The minimum atomic E-state index is -0.789. The van der Waals surface area contributed by atoms with Gasteiger partial charge in [0.2, 0.25) is 5.91 Å². The summed E-state index contributed by atoms with van der Waals surface area (Å²) in [4.78, 5) is 13.2. The Bertz CT molecular complexity index is 192. The van der Waals surface area contributed by atoms with Gasteiger partial charge in [-0.3, -0.25) is 4.79 Å². The summed E-state index contributed by atoms with van der Waals surface area (Å²) in [6.45, 7) is 1.08. The molecule has 0 aromatic heterocycles. The summed E-state index contributed by atoms with van der Waals surface area (Å²) < 4.78 is 5.20. The van der Waals surface area contributed by atoms with Gasteiger partial charge in [0.1, 0.15) is 6.04 Å². The van der Waals surface area contributed by atoms with Crippen molar-refractivity contribution in [1.82, 2.24) is 4.90 Å². The Morgan fingerprint density at radius 1 is 1.64 bits per heavy atom. The average Bonchev–Trinajstić information content (AvgIpc) is 2.27. The standard InChI is InChI=1S/C9H18N2O3/c1-11(9(13)8(10)6-12)7-2-4-14-5-3-7/h7-8,12H,2-6,10H2,1H3. The molecule has 0 aromatic carbocycles. The minimum absolute atomic E-state index is 0.195. The fraction of sp³-hybridized carbons (Fsp3) is 0.889. The number of aliphatic hydroxyl groups excluding tert-OH is 1. The van der Waals surface area contributed by atoms with Gasteiger partial charge in [-0.2, -0.15) is 0 Å². The second kappa shape index (κ2) is 5.29. The molecule has 5 heteroatoms. The SMILES string of the molecule is CN(C(=O)C(N)CO)C1CCOCC1. The highest BCUT2D eigenvalue weighted by Gasteiger charge is 2.25. The van der Waals surface area contributed by atoms with E-state index in [1.54, 1.807) is 11.9 Å². The van der Waals surface area contributed by atoms with E-state index >= 15 is 0 Å². The fourth-order valence-corrected chi connectivity index (χ4v) is 1.59. The summed E-state index contributed by atoms with van der Waals surface area (Å²) in [5.74, 6) is -0.195. The predicted molar refractivity (Wildman–Crippen MR) is 51.7 cm³/mol. The van der Waals surface area contributed by atoms with Crippen molar-refractivity contribution in [2.75, 3.05) is 26.9 Å². The second-order valence-electron chi connectivity index (χ2n) is 3.58. The van der Waals surface area contributed by atoms with Crippen LogP contribution < -0.4 is 5.73 Å². The summed E-state index contributed by atoms with van der Waals surface area (Å²) in [5, 5.41) is 8.76. The number of aliphatic hydroxyl groups is 1. The lowest BCUT2D eigenvalue weighted by Crippen LogP contribution is -2.49. The first kappa shape index (κ1) is 11.4. The van der Waals surface area contributed by atoms with E-state index < -0.39 is 6.04 Å². The van der Waals surface area contributed by atoms with Crippen LogP contribution in [-0.2, 0) is 9.53 Å². The van der Waals surface area contributed by atoms with Gasteiger partial charge in [-0.1, -0.05) is 0 Å². The maximum Gasteiger partial charge on any atom is 0.241 e. The normalized spacial score (nSPS) is 20.5. The van der Waals surface area contributed by atoms with E-state index in [0.29, 0.717) is 13.2 Å². The molecule has 0 bridgehead atoms. The van der Waals surface area contributed by atoms with Gasteiger partial charge in [0.25, 0.3) is 0 Å². The van der Waals surface area contributed by atoms with Crippen molar-refractivity contribution in [1.29, 1.82) is 0 Å². The van der Waals surface area contributed by atoms with Crippen LogP contribution in [0.2, 0.25) is 0 Å². The molecule has 0 radical (unpaired) electrons. The molecular weight excluding hydrogens is 184 g/mol. The molecule has 1 fully saturated rings. The molecule has 1 aliphatic heterocycles. The zero-order valence-electron chi connectivity index (χ0n) is 8.48. The number of likely N-dealkylation sites (N-methyl/N-ethyl adjacent to an activating group) is 1. The van der Waals surface area contributed by atoms with Gasteiger partial charge in [-0.05, 0) is 12.8 Å². The lowest BCUT2D eigenvalue weighted by Gasteiger charge is -2.32. The van der Waals surface area contributed by atoms with Crippen LogP contribution in [0.4, 0.5) is 0 Å². The summed E-state index contributed by atoms with van der Waals surface area (Å²) in [6.07, 6.45) is 1.70. The topological polar surface area (TPSA) is 75.8 Å². The Kier molecular flexibility index (Phi) is 4.31. The zero-order chi connectivity index (χ0) is 10.6. The van der Waals surface area contributed by atoms with E-state index in [1.807, 2.05) is 0 Å². The molecule has 1 heterocycles. The average molecular weight is 202 g/mol. The highest BCUT2D eigenvalue weighted by molar-refractivity contribution is 5.81. The number of nitrogens with zero attached hydrogens (tertiary/aromatic N) is 1. The fourth-order valence-electron chi connectivity index (χ4n) is 1.59. The van der Waals surface area contributed by atoms with Gasteiger partial charge in [-0.15, -0.1) is 0 Å². The molecule has 3 N–H and O–H groups in total. The number of carbonyl (C=O) groups is 1. The van der Waals surface area contributed by atoms with Gasteiger partial charge >= 0.3 is 0 Å². The van der Waals surface area contributed by atoms with Gasteiger partial charge in [0, 0.05) is 26.3 Å². The molecule has 0 spiro atoms. The number of hydrogen-bond acceptors (Lipinski definition) is 4. The second-order valence-corrected chi connectivity index (χ2v) is 3.58. The zero-order valence-corrected chi connectivity index (χ0v) is 8.48. The molecule has 1 amide bonds. The molecule has 1 saturated heterocycles. The molecular formula is C9H18N2O3. The molecule has 0 aromatic rings. The van der Waals surface area contributed by atoms with E-state index in [4.69, 9.17) is 15.6 Å². The van der Waals surface area contributed by atoms with Crippen LogP contribution in [0, 0.1) is 0 Å². The van der Waals surface area contributed by atoms with Crippen LogP contribution in [0.5, 0.6) is 0 Å². The van der Waals surface area contributed by atoms with Crippen molar-refractivity contribution >= 4 is 5.91 Å². The van der Waals surface area contributed by atoms with Crippen LogP contribution >= 0.6 is 0 Å². The van der Waals surface area contributed by atoms with Crippen LogP contribution in [0.15, 0.2) is 0 Å². The van der Waals surface area contributed by atoms with Crippen molar-refractivity contribution in [2.24, 2.45) is 5.73 Å². The van der Waals surface area contributed by atoms with Crippen molar-refractivity contribution < 1.29 is 14.6 Å². The molecule has 1 rings (SSSR count). The molecule has 5 nitrogen and oxygen atoms in total. The predicted octanol–water partition coefficient (Wildman–Crippen LogP) is -1.06. The Balaban J connectivity index is 2.45. The number of rotatable bonds is 3. The Morgan fingerprint density at radius 2 is 2.21 bits per heavy atom. The Morgan fingerprint density at radius 3 is 2.71 bits per heavy atom. The van der Waals surface area contributed by atoms with E-state index in [1.165, 1.54) is 0 Å². The molecule has 1 aliphatic rings. The van der Waals surface area contributed by atoms with Crippen LogP contribution in [-0.4, -0.2) is 54.9 Å². The molecule has 14 heavy (non-hydrogen) atoms. The number of amides is 1. The molecule has 1 unspecified atom stereocenters. The van der Waals surface area contributed by atoms with E-state index in [-0.39, 0.29) is 18.6 Å². The largest absolute Gasteiger partial charge is 0.394 e. The van der Waals surface area contributed by atoms with Gasteiger partial charge < -0.3 is 20.5 Å². The lowest BCUT2D eigenvalue weighted by atomic mass is 10.1. The Labute approximate surface area is 83.8 Å². The summed E-state index contributed by atoms with van der Waals surface area (Å²) in [6, 6.07) is -0.586. The number of hydrogen-bond donors (Lipinski definition) is 2. The first-order chi connectivity index (χ1) is 6.66. The number of ether oxygens (including phenoxy) is 1. The van der Waals surface area contributed by atoms with Gasteiger partial charge in [0.05, 0.1) is 6.61 Å². The summed E-state index contributed by atoms with van der Waals surface area (Å²) in [7, 11) is 1.73. The first-order valence-electron chi connectivity index (χ1n) is 4.87. The van der Waals surface area contributed by atoms with E-state index in [9.17, 15) is 4.79 Å². The van der Waals surface area contributed by atoms with Crippen molar-refractivity contribution in [2.45, 2.75) is 24.9 Å². The number of carbonyl (C=O) groups excluding carboxylic acids is 1. The van der Waals surface area contributed by atoms with Gasteiger partial charge in [0.15, 0.2) is 0 Å². The summed E-state index contributed by atoms with van der Waals surface area (Å²) >= 11 is 0. The molecule has 0 aliphatic carbocycles. The van der Waals surface area contributed by atoms with Crippen molar-refractivity contribution in [3.63, 3.8) is 0 Å². The van der Waals surface area contributed by atoms with Crippen LogP contribution in [0.3, 0.4) is 0 Å². The van der Waals surface area contributed by atoms with Crippen molar-refractivity contribution in [3.05, 3.63) is 0 Å². The molecule has 82 valence electrons. The maximum atomic E-state index is 11.6. The minimum Gasteiger partial charge on any atom is -0.394 e. The smallest absolute Gasteiger partial charge is 0.241 e. The Hall–Kier alpha value is -0.650. The monoisotopic (exact) mass is 202 g/mol. The van der Waals surface area contributed by atoms with E-state index in [0.717, 1.165) is 12.8 Å². The van der Waals surface area contributed by atoms with Crippen LogP contribution in [0.25, 0.3) is 0 Å². The molecule has 0 saturated carbocycles. The summed E-state index contributed by atoms with van der Waals surface area (Å²) in [5.41, 5.74) is 5.45. The highest BCUT2D eigenvalue weighted by Crippen LogP contribution is 2.13. The maximum absolute atomic E-state index is 11.6. The van der Waals surface area contributed by atoms with Crippen molar-refractivity contribution in [3.8, 4) is 0 Å². The van der Waals surface area contributed by atoms with Crippen LogP contribution in [0.1, 0.15) is 12.8 Å². The lowest BCUT2D eigenvalue weighted by molar-refractivity contribution is -0.135. The first-order valence-corrected chi connectivity index (χ1v) is 4.87. The van der Waals surface area contributed by atoms with E-state index in [2.05, 4.69) is 0 Å².